The number of carbonyl (C=O) groups excluding carboxylic acids is 1. The Bertz CT molecular complexity index is 457. The molecule has 2 rings (SSSR count). The van der Waals surface area contributed by atoms with Crippen LogP contribution in [0.4, 0.5) is 0 Å². The summed E-state index contributed by atoms with van der Waals surface area (Å²) in [4.78, 5) is 12.0. The van der Waals surface area contributed by atoms with Gasteiger partial charge in [-0.3, -0.25) is 0 Å². The summed E-state index contributed by atoms with van der Waals surface area (Å²) in [6.45, 7) is 3.85. The first-order chi connectivity index (χ1) is 8.34. The van der Waals surface area contributed by atoms with Crippen molar-refractivity contribution in [2.24, 2.45) is 0 Å². The van der Waals surface area contributed by atoms with E-state index in [4.69, 9.17) is 9.47 Å². The molecule has 6 heteroatoms. The largest absolute Gasteiger partial charge is 0.464 e. The smallest absolute Gasteiger partial charge is 0.341 e. The molecule has 1 saturated heterocycles. The van der Waals surface area contributed by atoms with Gasteiger partial charge in [0.2, 0.25) is 0 Å². The quantitative estimate of drug-likeness (QED) is 0.567. The molecule has 0 aromatic carbocycles. The van der Waals surface area contributed by atoms with Gasteiger partial charge in [0.25, 0.3) is 0 Å². The van der Waals surface area contributed by atoms with Gasteiger partial charge in [-0.1, -0.05) is 6.92 Å². The van der Waals surface area contributed by atoms with Crippen LogP contribution in [0.15, 0.2) is 0 Å². The Morgan fingerprint density at radius 2 is 2.11 bits per heavy atom. The number of ether oxygens (including phenoxy) is 2. The summed E-state index contributed by atoms with van der Waals surface area (Å²) in [7, 11) is -3.21. The van der Waals surface area contributed by atoms with Crippen molar-refractivity contribution in [2.45, 2.75) is 56.0 Å². The first-order valence-corrected chi connectivity index (χ1v) is 8.36. The number of carbonyl (C=O) groups is 1. The number of sulfone groups is 1. The highest BCUT2D eigenvalue weighted by atomic mass is 32.2. The molecule has 0 aromatic rings. The summed E-state index contributed by atoms with van der Waals surface area (Å²) in [5, 5.41) is -0.575. The molecule has 0 amide bonds. The molecule has 0 radical (unpaired) electrons. The molecule has 1 saturated carbocycles. The molecule has 18 heavy (non-hydrogen) atoms. The zero-order valence-corrected chi connectivity index (χ0v) is 11.9. The molecule has 0 N–H and O–H groups in total. The summed E-state index contributed by atoms with van der Waals surface area (Å²) in [6.07, 6.45) is 3.64. The lowest BCUT2D eigenvalue weighted by atomic mass is 9.88. The summed E-state index contributed by atoms with van der Waals surface area (Å²) >= 11 is 0. The van der Waals surface area contributed by atoms with Crippen LogP contribution in [-0.4, -0.2) is 43.7 Å². The maximum absolute atomic E-state index is 12.0. The Labute approximate surface area is 108 Å². The summed E-state index contributed by atoms with van der Waals surface area (Å²) in [5.41, 5.74) is -1.87. The third-order valence-electron chi connectivity index (χ3n) is 4.15. The van der Waals surface area contributed by atoms with E-state index in [1.54, 1.807) is 6.92 Å². The van der Waals surface area contributed by atoms with E-state index < -0.39 is 32.3 Å². The molecular weight excluding hydrogens is 256 g/mol. The highest BCUT2D eigenvalue weighted by Gasteiger charge is 2.79. The number of esters is 1. The predicted octanol–water partition coefficient (Wildman–Crippen LogP) is 1.06. The average Bonchev–Trinajstić information content (AvgIpc) is 2.69. The second kappa shape index (κ2) is 4.20. The SMILES string of the molecule is CCOC(=O)C1(CC)OC12CCCC2S(C)(=O)=O. The second-order valence-corrected chi connectivity index (χ2v) is 7.33. The third-order valence-corrected chi connectivity index (χ3v) is 5.80. The van der Waals surface area contributed by atoms with E-state index in [1.165, 1.54) is 6.26 Å². The zero-order chi connectivity index (χ0) is 13.6. The Morgan fingerprint density at radius 1 is 1.44 bits per heavy atom. The van der Waals surface area contributed by atoms with Crippen LogP contribution in [0.25, 0.3) is 0 Å². The zero-order valence-electron chi connectivity index (χ0n) is 11.1. The molecule has 3 unspecified atom stereocenters. The van der Waals surface area contributed by atoms with Crippen LogP contribution in [0, 0.1) is 0 Å². The van der Waals surface area contributed by atoms with Crippen molar-refractivity contribution < 1.29 is 22.7 Å². The Morgan fingerprint density at radius 3 is 2.61 bits per heavy atom. The molecule has 2 fully saturated rings. The van der Waals surface area contributed by atoms with Crippen LogP contribution in [0.1, 0.15) is 39.5 Å². The Balaban J connectivity index is 2.32. The standard InChI is InChI=1S/C12H20O5S/c1-4-11(10(13)16-5-2)12(17-11)8-6-7-9(12)18(3,14)15/h9H,4-8H2,1-3H3. The van der Waals surface area contributed by atoms with Gasteiger partial charge >= 0.3 is 5.97 Å². The molecule has 1 aliphatic heterocycles. The molecular formula is C12H20O5S. The van der Waals surface area contributed by atoms with Crippen molar-refractivity contribution in [3.63, 3.8) is 0 Å². The highest BCUT2D eigenvalue weighted by molar-refractivity contribution is 7.91. The molecule has 0 bridgehead atoms. The molecule has 2 aliphatic rings. The van der Waals surface area contributed by atoms with Crippen LogP contribution in [0.2, 0.25) is 0 Å². The van der Waals surface area contributed by atoms with Crippen LogP contribution in [-0.2, 0) is 24.1 Å². The topological polar surface area (TPSA) is 73.0 Å². The summed E-state index contributed by atoms with van der Waals surface area (Å²) in [6, 6.07) is 0. The molecule has 5 nitrogen and oxygen atoms in total. The minimum atomic E-state index is -3.21. The van der Waals surface area contributed by atoms with Crippen LogP contribution >= 0.6 is 0 Å². The number of rotatable bonds is 4. The van der Waals surface area contributed by atoms with Crippen molar-refractivity contribution in [3.8, 4) is 0 Å². The summed E-state index contributed by atoms with van der Waals surface area (Å²) < 4.78 is 34.4. The van der Waals surface area contributed by atoms with E-state index in [2.05, 4.69) is 0 Å². The van der Waals surface area contributed by atoms with E-state index in [0.717, 1.165) is 6.42 Å². The lowest BCUT2D eigenvalue weighted by Crippen LogP contribution is -2.42. The fourth-order valence-corrected chi connectivity index (χ4v) is 4.99. The van der Waals surface area contributed by atoms with Crippen LogP contribution in [0.3, 0.4) is 0 Å². The minimum Gasteiger partial charge on any atom is -0.464 e. The highest BCUT2D eigenvalue weighted by Crippen LogP contribution is 2.61. The van der Waals surface area contributed by atoms with E-state index in [-0.39, 0.29) is 6.61 Å². The van der Waals surface area contributed by atoms with E-state index in [9.17, 15) is 13.2 Å². The van der Waals surface area contributed by atoms with Gasteiger partial charge in [0.15, 0.2) is 15.4 Å². The van der Waals surface area contributed by atoms with Crippen molar-refractivity contribution in [1.82, 2.24) is 0 Å². The normalized spacial score (nSPS) is 38.9. The maximum atomic E-state index is 12.0. The first kappa shape index (κ1) is 13.8. The van der Waals surface area contributed by atoms with Crippen LogP contribution in [0.5, 0.6) is 0 Å². The number of hydrogen-bond donors (Lipinski definition) is 0. The van der Waals surface area contributed by atoms with Gasteiger partial charge in [-0.2, -0.15) is 0 Å². The van der Waals surface area contributed by atoms with Crippen molar-refractivity contribution in [2.75, 3.05) is 12.9 Å². The van der Waals surface area contributed by atoms with Gasteiger partial charge in [-0.25, -0.2) is 13.2 Å². The van der Waals surface area contributed by atoms with Gasteiger partial charge in [0, 0.05) is 6.26 Å². The summed E-state index contributed by atoms with van der Waals surface area (Å²) in [5.74, 6) is -0.414. The van der Waals surface area contributed by atoms with Crippen molar-refractivity contribution in [1.29, 1.82) is 0 Å². The lowest BCUT2D eigenvalue weighted by Gasteiger charge is -2.18. The fourth-order valence-electron chi connectivity index (χ4n) is 3.35. The number of epoxide rings is 1. The minimum absolute atomic E-state index is 0.281. The second-order valence-electron chi connectivity index (χ2n) is 5.10. The van der Waals surface area contributed by atoms with Gasteiger partial charge in [0.1, 0.15) is 5.60 Å². The fraction of sp³-hybridized carbons (Fsp3) is 0.917. The Kier molecular flexibility index (Phi) is 3.22. The lowest BCUT2D eigenvalue weighted by molar-refractivity contribution is -0.149. The van der Waals surface area contributed by atoms with Gasteiger partial charge in [-0.15, -0.1) is 0 Å². The first-order valence-electron chi connectivity index (χ1n) is 6.40. The predicted molar refractivity (Wildman–Crippen MR) is 66.0 cm³/mol. The molecule has 104 valence electrons. The Hall–Kier alpha value is -0.620. The maximum Gasteiger partial charge on any atom is 0.341 e. The molecule has 3 atom stereocenters. The van der Waals surface area contributed by atoms with E-state index in [1.807, 2.05) is 6.92 Å². The number of hydrogen-bond acceptors (Lipinski definition) is 5. The van der Waals surface area contributed by atoms with Crippen molar-refractivity contribution in [3.05, 3.63) is 0 Å². The molecule has 1 aliphatic carbocycles. The molecule has 1 spiro atoms. The molecule has 0 aromatic heterocycles. The third kappa shape index (κ3) is 1.69. The van der Waals surface area contributed by atoms with E-state index >= 15 is 0 Å². The van der Waals surface area contributed by atoms with Crippen molar-refractivity contribution >= 4 is 15.8 Å². The monoisotopic (exact) mass is 276 g/mol. The van der Waals surface area contributed by atoms with Crippen LogP contribution < -0.4 is 0 Å². The van der Waals surface area contributed by atoms with E-state index in [0.29, 0.717) is 19.3 Å². The van der Waals surface area contributed by atoms with Gasteiger partial charge < -0.3 is 9.47 Å². The molecule has 1 heterocycles. The average molecular weight is 276 g/mol. The van der Waals surface area contributed by atoms with Gasteiger partial charge in [-0.05, 0) is 32.6 Å². The van der Waals surface area contributed by atoms with Gasteiger partial charge in [0.05, 0.1) is 11.9 Å².